The predicted molar refractivity (Wildman–Crippen MR) is 69.5 cm³/mol. The second-order valence-electron chi connectivity index (χ2n) is 5.09. The van der Waals surface area contributed by atoms with E-state index < -0.39 is 11.4 Å². The lowest BCUT2D eigenvalue weighted by atomic mass is 9.71. The van der Waals surface area contributed by atoms with E-state index in [1.165, 1.54) is 0 Å². The molecule has 1 atom stereocenters. The van der Waals surface area contributed by atoms with Crippen LogP contribution in [-0.4, -0.2) is 17.9 Å². The molecule has 19 heavy (non-hydrogen) atoms. The minimum absolute atomic E-state index is 0.114. The number of hydrogen-bond donors (Lipinski definition) is 1. The standard InChI is InChI=1S/C15H16O4/c16-14(17)9-15(6-2-1-3-7-15)11-4-5-12-13(8-11)19-10-18-12/h2,4-6,8H,1,3,7,9-10H2,(H,16,17)/t15-/m0/s1. The number of carbonyl (C=O) groups is 1. The third-order valence-electron chi connectivity index (χ3n) is 3.84. The van der Waals surface area contributed by atoms with Crippen LogP contribution in [0.3, 0.4) is 0 Å². The summed E-state index contributed by atoms with van der Waals surface area (Å²) in [5, 5.41) is 9.20. The number of carboxylic acids is 1. The average molecular weight is 260 g/mol. The maximum Gasteiger partial charge on any atom is 0.304 e. The Bertz CT molecular complexity index is 535. The van der Waals surface area contributed by atoms with E-state index in [4.69, 9.17) is 9.47 Å². The molecule has 1 heterocycles. The van der Waals surface area contributed by atoms with Crippen LogP contribution in [0.4, 0.5) is 0 Å². The van der Waals surface area contributed by atoms with Crippen LogP contribution in [0.15, 0.2) is 30.4 Å². The molecule has 0 unspecified atom stereocenters. The maximum atomic E-state index is 11.2. The van der Waals surface area contributed by atoms with Gasteiger partial charge in [-0.1, -0.05) is 18.2 Å². The molecule has 3 rings (SSSR count). The van der Waals surface area contributed by atoms with Gasteiger partial charge in [-0.3, -0.25) is 4.79 Å². The molecule has 0 amide bonds. The molecule has 0 saturated carbocycles. The summed E-state index contributed by atoms with van der Waals surface area (Å²) in [6.45, 7) is 0.237. The summed E-state index contributed by atoms with van der Waals surface area (Å²) in [6, 6.07) is 5.73. The van der Waals surface area contributed by atoms with Crippen molar-refractivity contribution in [2.75, 3.05) is 6.79 Å². The minimum Gasteiger partial charge on any atom is -0.481 e. The highest BCUT2D eigenvalue weighted by Crippen LogP contribution is 2.42. The van der Waals surface area contributed by atoms with Crippen molar-refractivity contribution in [3.05, 3.63) is 35.9 Å². The molecular formula is C15H16O4. The van der Waals surface area contributed by atoms with E-state index in [1.54, 1.807) is 0 Å². The molecule has 0 saturated heterocycles. The number of carboxylic acid groups (broad SMARTS) is 1. The van der Waals surface area contributed by atoms with E-state index in [2.05, 4.69) is 6.08 Å². The zero-order valence-corrected chi connectivity index (χ0v) is 10.6. The van der Waals surface area contributed by atoms with E-state index in [0.29, 0.717) is 5.75 Å². The zero-order chi connectivity index (χ0) is 13.3. The Morgan fingerprint density at radius 1 is 1.32 bits per heavy atom. The fraction of sp³-hybridized carbons (Fsp3) is 0.400. The third-order valence-corrected chi connectivity index (χ3v) is 3.84. The third kappa shape index (κ3) is 2.18. The van der Waals surface area contributed by atoms with Crippen LogP contribution in [0.2, 0.25) is 0 Å². The van der Waals surface area contributed by atoms with Crippen LogP contribution >= 0.6 is 0 Å². The number of fused-ring (bicyclic) bond motifs is 1. The smallest absolute Gasteiger partial charge is 0.304 e. The van der Waals surface area contributed by atoms with Gasteiger partial charge in [0, 0.05) is 5.41 Å². The summed E-state index contributed by atoms with van der Waals surface area (Å²) in [6.07, 6.45) is 7.13. The highest BCUT2D eigenvalue weighted by molar-refractivity contribution is 5.70. The van der Waals surface area contributed by atoms with Gasteiger partial charge >= 0.3 is 5.97 Å². The normalized spacial score (nSPS) is 24.4. The van der Waals surface area contributed by atoms with Crippen LogP contribution in [0.5, 0.6) is 11.5 Å². The zero-order valence-electron chi connectivity index (χ0n) is 10.6. The Balaban J connectivity index is 2.02. The molecular weight excluding hydrogens is 244 g/mol. The molecule has 4 heteroatoms. The van der Waals surface area contributed by atoms with Crippen molar-refractivity contribution in [2.24, 2.45) is 0 Å². The summed E-state index contributed by atoms with van der Waals surface area (Å²) >= 11 is 0. The van der Waals surface area contributed by atoms with Gasteiger partial charge in [-0.25, -0.2) is 0 Å². The molecule has 0 fully saturated rings. The van der Waals surface area contributed by atoms with Crippen molar-refractivity contribution in [3.8, 4) is 11.5 Å². The first kappa shape index (κ1) is 12.1. The van der Waals surface area contributed by atoms with Crippen LogP contribution in [0.25, 0.3) is 0 Å². The minimum atomic E-state index is -0.774. The Morgan fingerprint density at radius 3 is 2.89 bits per heavy atom. The summed E-state index contributed by atoms with van der Waals surface area (Å²) in [4.78, 5) is 11.2. The van der Waals surface area contributed by atoms with Gasteiger partial charge in [0.2, 0.25) is 6.79 Å². The second-order valence-corrected chi connectivity index (χ2v) is 5.09. The van der Waals surface area contributed by atoms with E-state index in [9.17, 15) is 9.90 Å². The number of allylic oxidation sites excluding steroid dienone is 2. The molecule has 4 nitrogen and oxygen atoms in total. The lowest BCUT2D eigenvalue weighted by molar-refractivity contribution is -0.138. The fourth-order valence-corrected chi connectivity index (χ4v) is 2.89. The quantitative estimate of drug-likeness (QED) is 0.849. The first-order chi connectivity index (χ1) is 9.20. The van der Waals surface area contributed by atoms with Gasteiger partial charge in [0.1, 0.15) is 0 Å². The SMILES string of the molecule is O=C(O)C[C@]1(c2ccc3c(c2)OCO3)C=CCCC1. The Hall–Kier alpha value is -1.97. The maximum absolute atomic E-state index is 11.2. The largest absolute Gasteiger partial charge is 0.481 e. The first-order valence-corrected chi connectivity index (χ1v) is 6.49. The molecule has 1 aliphatic heterocycles. The van der Waals surface area contributed by atoms with Gasteiger partial charge in [-0.05, 0) is 37.0 Å². The monoisotopic (exact) mass is 260 g/mol. The van der Waals surface area contributed by atoms with Gasteiger partial charge in [0.05, 0.1) is 6.42 Å². The summed E-state index contributed by atoms with van der Waals surface area (Å²) in [5.41, 5.74) is 0.584. The molecule has 0 aromatic heterocycles. The number of benzene rings is 1. The molecule has 1 aliphatic carbocycles. The van der Waals surface area contributed by atoms with Gasteiger partial charge in [0.15, 0.2) is 11.5 Å². The Kier molecular flexibility index (Phi) is 2.93. The predicted octanol–water partition coefficient (Wildman–Crippen LogP) is 2.87. The number of hydrogen-bond acceptors (Lipinski definition) is 3. The molecule has 1 aromatic carbocycles. The fourth-order valence-electron chi connectivity index (χ4n) is 2.89. The van der Waals surface area contributed by atoms with Crippen molar-refractivity contribution in [2.45, 2.75) is 31.1 Å². The van der Waals surface area contributed by atoms with Crippen LogP contribution < -0.4 is 9.47 Å². The van der Waals surface area contributed by atoms with Gasteiger partial charge in [-0.15, -0.1) is 0 Å². The van der Waals surface area contributed by atoms with E-state index in [0.717, 1.165) is 30.6 Å². The molecule has 0 spiro atoms. The van der Waals surface area contributed by atoms with Crippen LogP contribution in [0.1, 0.15) is 31.2 Å². The number of rotatable bonds is 3. The molecule has 0 bridgehead atoms. The molecule has 0 radical (unpaired) electrons. The van der Waals surface area contributed by atoms with Gasteiger partial charge in [0.25, 0.3) is 0 Å². The number of aliphatic carboxylic acids is 1. The van der Waals surface area contributed by atoms with Crippen molar-refractivity contribution >= 4 is 5.97 Å². The summed E-state index contributed by atoms with van der Waals surface area (Å²) in [7, 11) is 0. The van der Waals surface area contributed by atoms with E-state index >= 15 is 0 Å². The summed E-state index contributed by atoms with van der Waals surface area (Å²) in [5.74, 6) is 0.666. The van der Waals surface area contributed by atoms with Gasteiger partial charge in [-0.2, -0.15) is 0 Å². The van der Waals surface area contributed by atoms with Gasteiger partial charge < -0.3 is 14.6 Å². The topological polar surface area (TPSA) is 55.8 Å². The highest BCUT2D eigenvalue weighted by Gasteiger charge is 2.34. The van der Waals surface area contributed by atoms with E-state index in [-0.39, 0.29) is 13.2 Å². The molecule has 2 aliphatic rings. The van der Waals surface area contributed by atoms with Crippen molar-refractivity contribution < 1.29 is 19.4 Å². The molecule has 100 valence electrons. The average Bonchev–Trinajstić information content (AvgIpc) is 2.86. The van der Waals surface area contributed by atoms with Crippen molar-refractivity contribution in [1.29, 1.82) is 0 Å². The lowest BCUT2D eigenvalue weighted by Crippen LogP contribution is -2.28. The second kappa shape index (κ2) is 4.61. The van der Waals surface area contributed by atoms with Crippen LogP contribution in [-0.2, 0) is 10.2 Å². The molecule has 1 N–H and O–H groups in total. The number of ether oxygens (including phenoxy) is 2. The van der Waals surface area contributed by atoms with Crippen molar-refractivity contribution in [3.63, 3.8) is 0 Å². The molecule has 1 aromatic rings. The summed E-state index contributed by atoms with van der Waals surface area (Å²) < 4.78 is 10.7. The van der Waals surface area contributed by atoms with Crippen LogP contribution in [0, 0.1) is 0 Å². The lowest BCUT2D eigenvalue weighted by Gasteiger charge is -2.32. The Labute approximate surface area is 111 Å². The highest BCUT2D eigenvalue weighted by atomic mass is 16.7. The van der Waals surface area contributed by atoms with Crippen molar-refractivity contribution in [1.82, 2.24) is 0 Å². The Morgan fingerprint density at radius 2 is 2.16 bits per heavy atom. The first-order valence-electron chi connectivity index (χ1n) is 6.49. The van der Waals surface area contributed by atoms with E-state index in [1.807, 2.05) is 24.3 Å².